The molecule has 2 nitrogen and oxygen atoms in total. The van der Waals surface area contributed by atoms with Gasteiger partial charge in [-0.05, 0) is 29.0 Å². The molecule has 18 heavy (non-hydrogen) atoms. The van der Waals surface area contributed by atoms with Gasteiger partial charge in [0.25, 0.3) is 0 Å². The van der Waals surface area contributed by atoms with Gasteiger partial charge in [-0.1, -0.05) is 39.0 Å². The van der Waals surface area contributed by atoms with Crippen LogP contribution in [-0.2, 0) is 12.5 Å². The second-order valence-electron chi connectivity index (χ2n) is 5.84. The van der Waals surface area contributed by atoms with Gasteiger partial charge in [0.2, 0.25) is 0 Å². The molecule has 0 fully saturated rings. The van der Waals surface area contributed by atoms with Gasteiger partial charge in [-0.25, -0.2) is 4.57 Å². The maximum atomic E-state index is 4.64. The maximum Gasteiger partial charge on any atom is 0.330 e. The Morgan fingerprint density at radius 1 is 1.11 bits per heavy atom. The first kappa shape index (κ1) is 12.7. The maximum absolute atomic E-state index is 4.64. The predicted octanol–water partition coefficient (Wildman–Crippen LogP) is 3.18. The van der Waals surface area contributed by atoms with Gasteiger partial charge in [0.1, 0.15) is 6.20 Å². The first-order valence-electron chi connectivity index (χ1n) is 6.32. The normalized spacial score (nSPS) is 11.6. The third-order valence-electron chi connectivity index (χ3n) is 3.24. The molecule has 0 unspecified atom stereocenters. The standard InChI is InChI=1S/C16H21N2/c1-12-8-6-7-9-14(12)15-17-10-13(11-18(15)5)16(2,3)4/h6-11H,1-5H3/q+1. The van der Waals surface area contributed by atoms with E-state index >= 15 is 0 Å². The van der Waals surface area contributed by atoms with Crippen LogP contribution in [0.15, 0.2) is 36.7 Å². The summed E-state index contributed by atoms with van der Waals surface area (Å²) in [6, 6.07) is 8.35. The predicted molar refractivity (Wildman–Crippen MR) is 74.3 cm³/mol. The first-order chi connectivity index (χ1) is 8.39. The summed E-state index contributed by atoms with van der Waals surface area (Å²) in [6.45, 7) is 8.74. The summed E-state index contributed by atoms with van der Waals surface area (Å²) in [4.78, 5) is 4.64. The van der Waals surface area contributed by atoms with Gasteiger partial charge in [-0.3, -0.25) is 0 Å². The molecule has 0 saturated heterocycles. The number of rotatable bonds is 1. The zero-order valence-electron chi connectivity index (χ0n) is 11.9. The highest BCUT2D eigenvalue weighted by atomic mass is 15.0. The minimum atomic E-state index is 0.134. The van der Waals surface area contributed by atoms with E-state index in [1.54, 1.807) is 0 Å². The molecule has 2 rings (SSSR count). The van der Waals surface area contributed by atoms with Crippen molar-refractivity contribution in [1.82, 2.24) is 4.98 Å². The molecule has 0 saturated carbocycles. The van der Waals surface area contributed by atoms with E-state index in [1.807, 2.05) is 6.20 Å². The lowest BCUT2D eigenvalue weighted by atomic mass is 9.89. The highest BCUT2D eigenvalue weighted by molar-refractivity contribution is 5.57. The quantitative estimate of drug-likeness (QED) is 0.701. The zero-order valence-corrected chi connectivity index (χ0v) is 11.9. The summed E-state index contributed by atoms with van der Waals surface area (Å²) in [7, 11) is 2.06. The van der Waals surface area contributed by atoms with Crippen LogP contribution < -0.4 is 4.57 Å². The summed E-state index contributed by atoms with van der Waals surface area (Å²) in [5.41, 5.74) is 3.83. The van der Waals surface area contributed by atoms with Gasteiger partial charge in [0.05, 0.1) is 18.8 Å². The fraction of sp³-hybridized carbons (Fsp3) is 0.375. The number of aryl methyl sites for hydroxylation is 2. The minimum Gasteiger partial charge on any atom is -0.233 e. The van der Waals surface area contributed by atoms with Crippen molar-refractivity contribution in [2.24, 2.45) is 7.05 Å². The molecule has 0 aliphatic rings. The number of benzene rings is 1. The highest BCUT2D eigenvalue weighted by Gasteiger charge is 2.21. The Hall–Kier alpha value is -1.70. The molecule has 0 N–H and O–H groups in total. The lowest BCUT2D eigenvalue weighted by Gasteiger charge is -2.16. The number of nitrogens with zero attached hydrogens (tertiary/aromatic N) is 2. The van der Waals surface area contributed by atoms with Crippen molar-refractivity contribution in [3.05, 3.63) is 47.8 Å². The monoisotopic (exact) mass is 241 g/mol. The topological polar surface area (TPSA) is 16.8 Å². The summed E-state index contributed by atoms with van der Waals surface area (Å²) in [6.07, 6.45) is 4.16. The van der Waals surface area contributed by atoms with Crippen LogP contribution in [0, 0.1) is 6.92 Å². The largest absolute Gasteiger partial charge is 0.330 e. The number of hydrogen-bond acceptors (Lipinski definition) is 1. The Balaban J connectivity index is 2.52. The van der Waals surface area contributed by atoms with Crippen LogP contribution in [-0.4, -0.2) is 4.98 Å². The summed E-state index contributed by atoms with van der Waals surface area (Å²) in [5, 5.41) is 0. The molecular weight excluding hydrogens is 220 g/mol. The molecular formula is C16H21N2+. The molecule has 0 spiro atoms. The second kappa shape index (κ2) is 4.52. The van der Waals surface area contributed by atoms with E-state index in [9.17, 15) is 0 Å². The Morgan fingerprint density at radius 3 is 2.33 bits per heavy atom. The number of hydrogen-bond donors (Lipinski definition) is 0. The number of aromatic nitrogens is 2. The van der Waals surface area contributed by atoms with Crippen LogP contribution >= 0.6 is 0 Å². The van der Waals surface area contributed by atoms with E-state index < -0.39 is 0 Å². The van der Waals surface area contributed by atoms with Gasteiger partial charge < -0.3 is 0 Å². The molecule has 1 heterocycles. The minimum absolute atomic E-state index is 0.134. The Bertz CT molecular complexity index is 566. The molecule has 0 radical (unpaired) electrons. The van der Waals surface area contributed by atoms with Crippen LogP contribution in [0.2, 0.25) is 0 Å². The molecule has 0 bridgehead atoms. The van der Waals surface area contributed by atoms with Crippen LogP contribution in [0.4, 0.5) is 0 Å². The average molecular weight is 241 g/mol. The molecule has 0 aliphatic carbocycles. The third kappa shape index (κ3) is 2.42. The van der Waals surface area contributed by atoms with Crippen molar-refractivity contribution < 1.29 is 4.57 Å². The van der Waals surface area contributed by atoms with Crippen LogP contribution in [0.3, 0.4) is 0 Å². The van der Waals surface area contributed by atoms with Crippen molar-refractivity contribution in [1.29, 1.82) is 0 Å². The molecule has 0 atom stereocenters. The van der Waals surface area contributed by atoms with E-state index in [4.69, 9.17) is 0 Å². The third-order valence-corrected chi connectivity index (χ3v) is 3.24. The van der Waals surface area contributed by atoms with Gasteiger partial charge in [-0.15, -0.1) is 0 Å². The highest BCUT2D eigenvalue weighted by Crippen LogP contribution is 2.22. The molecule has 0 amide bonds. The molecule has 1 aromatic heterocycles. The second-order valence-corrected chi connectivity index (χ2v) is 5.84. The van der Waals surface area contributed by atoms with Crippen molar-refractivity contribution in [2.45, 2.75) is 33.1 Å². The molecule has 2 heteroatoms. The van der Waals surface area contributed by atoms with Crippen LogP contribution in [0.5, 0.6) is 0 Å². The van der Waals surface area contributed by atoms with Crippen LogP contribution in [0.25, 0.3) is 11.4 Å². The summed E-state index contributed by atoms with van der Waals surface area (Å²) in [5.74, 6) is 1.01. The first-order valence-corrected chi connectivity index (χ1v) is 6.32. The Kier molecular flexibility index (Phi) is 3.20. The zero-order chi connectivity index (χ0) is 13.3. The summed E-state index contributed by atoms with van der Waals surface area (Å²) >= 11 is 0. The SMILES string of the molecule is Cc1ccccc1-c1ncc(C(C)(C)C)c[n+]1C. The van der Waals surface area contributed by atoms with E-state index in [0.29, 0.717) is 0 Å². The molecule has 0 aliphatic heterocycles. The molecule has 94 valence electrons. The van der Waals surface area contributed by atoms with Crippen molar-refractivity contribution >= 4 is 0 Å². The fourth-order valence-corrected chi connectivity index (χ4v) is 2.00. The van der Waals surface area contributed by atoms with Gasteiger partial charge in [0.15, 0.2) is 0 Å². The molecule has 1 aromatic carbocycles. The Labute approximate surface area is 109 Å². The van der Waals surface area contributed by atoms with Crippen molar-refractivity contribution in [2.75, 3.05) is 0 Å². The van der Waals surface area contributed by atoms with Crippen molar-refractivity contribution in [3.8, 4) is 11.4 Å². The average Bonchev–Trinajstić information content (AvgIpc) is 2.29. The van der Waals surface area contributed by atoms with Crippen LogP contribution in [0.1, 0.15) is 31.9 Å². The lowest BCUT2D eigenvalue weighted by Crippen LogP contribution is -2.34. The van der Waals surface area contributed by atoms with E-state index in [-0.39, 0.29) is 5.41 Å². The smallest absolute Gasteiger partial charge is 0.233 e. The summed E-state index contributed by atoms with van der Waals surface area (Å²) < 4.78 is 2.11. The fourth-order valence-electron chi connectivity index (χ4n) is 2.00. The van der Waals surface area contributed by atoms with E-state index in [2.05, 4.69) is 74.8 Å². The van der Waals surface area contributed by atoms with Crippen molar-refractivity contribution in [3.63, 3.8) is 0 Å². The Morgan fingerprint density at radius 2 is 1.78 bits per heavy atom. The van der Waals surface area contributed by atoms with Gasteiger partial charge >= 0.3 is 5.82 Å². The van der Waals surface area contributed by atoms with E-state index in [1.165, 1.54) is 16.7 Å². The molecule has 2 aromatic rings. The van der Waals surface area contributed by atoms with E-state index in [0.717, 1.165) is 5.82 Å². The lowest BCUT2D eigenvalue weighted by molar-refractivity contribution is -0.663. The van der Waals surface area contributed by atoms with Gasteiger partial charge in [-0.2, -0.15) is 0 Å². The van der Waals surface area contributed by atoms with Gasteiger partial charge in [0, 0.05) is 5.56 Å².